The molecule has 0 aromatic rings. The highest BCUT2D eigenvalue weighted by Crippen LogP contribution is 2.05. The Balaban J connectivity index is 3.84. The molecule has 0 fully saturated rings. The van der Waals surface area contributed by atoms with Gasteiger partial charge in [-0.05, 0) is 6.92 Å². The van der Waals surface area contributed by atoms with Gasteiger partial charge in [-0.25, -0.2) is 4.79 Å². The van der Waals surface area contributed by atoms with Gasteiger partial charge in [-0.1, -0.05) is 5.16 Å². The van der Waals surface area contributed by atoms with Gasteiger partial charge in [0.2, 0.25) is 5.91 Å². The molecule has 1 N–H and O–H groups in total. The van der Waals surface area contributed by atoms with Gasteiger partial charge in [-0.15, -0.1) is 23.4 Å². The molecule has 0 atom stereocenters. The SMILES string of the molecule is C/C(=N\OC(=O)NC(=O)CCl)SCCC#N. The number of imide groups is 1. The van der Waals surface area contributed by atoms with Gasteiger partial charge in [0.15, 0.2) is 0 Å². The molecule has 0 rings (SSSR count). The van der Waals surface area contributed by atoms with Gasteiger partial charge in [0.25, 0.3) is 0 Å². The second-order valence-corrected chi connectivity index (χ2v) is 3.98. The zero-order valence-electron chi connectivity index (χ0n) is 8.53. The summed E-state index contributed by atoms with van der Waals surface area (Å²) in [6.07, 6.45) is -0.597. The molecule has 2 amide bonds. The van der Waals surface area contributed by atoms with Gasteiger partial charge in [0.05, 0.1) is 6.07 Å². The summed E-state index contributed by atoms with van der Waals surface area (Å²) in [5, 5.41) is 14.1. The molecule has 0 aromatic carbocycles. The van der Waals surface area contributed by atoms with Gasteiger partial charge >= 0.3 is 6.09 Å². The Morgan fingerprint density at radius 2 is 2.31 bits per heavy atom. The molecule has 6 nitrogen and oxygen atoms in total. The maximum Gasteiger partial charge on any atom is 0.440 e. The molecular formula is C8H10ClN3O3S. The zero-order chi connectivity index (χ0) is 12.4. The molecule has 0 saturated carbocycles. The number of hydrogen-bond donors (Lipinski definition) is 1. The standard InChI is InChI=1S/C8H10ClN3O3S/c1-6(16-4-2-3-10)12-15-8(14)11-7(13)5-9/h2,4-5H2,1H3,(H,11,13,14)/b12-6+. The summed E-state index contributed by atoms with van der Waals surface area (Å²) >= 11 is 6.43. The van der Waals surface area contributed by atoms with Gasteiger partial charge in [-0.2, -0.15) is 5.26 Å². The number of rotatable bonds is 4. The van der Waals surface area contributed by atoms with E-state index in [1.54, 1.807) is 6.92 Å². The second-order valence-electron chi connectivity index (χ2n) is 2.43. The van der Waals surface area contributed by atoms with Crippen molar-refractivity contribution in [1.82, 2.24) is 5.32 Å². The van der Waals surface area contributed by atoms with Gasteiger partial charge in [0.1, 0.15) is 10.9 Å². The van der Waals surface area contributed by atoms with Crippen LogP contribution in [0.3, 0.4) is 0 Å². The molecule has 0 aliphatic carbocycles. The number of carbonyl (C=O) groups excluding carboxylic acids is 2. The van der Waals surface area contributed by atoms with Gasteiger partial charge < -0.3 is 0 Å². The van der Waals surface area contributed by atoms with Crippen LogP contribution >= 0.6 is 23.4 Å². The first-order valence-electron chi connectivity index (χ1n) is 4.21. The smallest absolute Gasteiger partial charge is 0.297 e. The normalized spacial score (nSPS) is 10.4. The van der Waals surface area contributed by atoms with E-state index in [0.29, 0.717) is 17.2 Å². The summed E-state index contributed by atoms with van der Waals surface area (Å²) in [7, 11) is 0. The molecule has 0 aromatic heterocycles. The Morgan fingerprint density at radius 3 is 2.88 bits per heavy atom. The van der Waals surface area contributed by atoms with Crippen molar-refractivity contribution >= 4 is 40.4 Å². The van der Waals surface area contributed by atoms with Crippen molar-refractivity contribution in [3.63, 3.8) is 0 Å². The van der Waals surface area contributed by atoms with Crippen LogP contribution in [0.1, 0.15) is 13.3 Å². The molecule has 0 aliphatic rings. The number of carbonyl (C=O) groups is 2. The van der Waals surface area contributed by atoms with Crippen LogP contribution in [0.15, 0.2) is 5.16 Å². The molecule has 0 radical (unpaired) electrons. The summed E-state index contributed by atoms with van der Waals surface area (Å²) in [5.74, 6) is -0.414. The number of amides is 2. The molecule has 88 valence electrons. The van der Waals surface area contributed by atoms with Crippen LogP contribution in [-0.4, -0.2) is 28.7 Å². The fraction of sp³-hybridized carbons (Fsp3) is 0.500. The number of thioether (sulfide) groups is 1. The quantitative estimate of drug-likeness (QED) is 0.207. The zero-order valence-corrected chi connectivity index (χ0v) is 10.1. The summed E-state index contributed by atoms with van der Waals surface area (Å²) < 4.78 is 0. The summed E-state index contributed by atoms with van der Waals surface area (Å²) in [6.45, 7) is 1.62. The number of nitriles is 1. The number of halogens is 1. The van der Waals surface area contributed by atoms with Crippen LogP contribution in [0, 0.1) is 11.3 Å². The predicted molar refractivity (Wildman–Crippen MR) is 61.1 cm³/mol. The monoisotopic (exact) mass is 263 g/mol. The van der Waals surface area contributed by atoms with Crippen LogP contribution in [0.4, 0.5) is 4.79 Å². The van der Waals surface area contributed by atoms with E-state index in [-0.39, 0.29) is 5.88 Å². The van der Waals surface area contributed by atoms with Crippen LogP contribution in [0.25, 0.3) is 0 Å². The number of hydrogen-bond acceptors (Lipinski definition) is 6. The third-order valence-corrected chi connectivity index (χ3v) is 2.29. The van der Waals surface area contributed by atoms with Gasteiger partial charge in [0, 0.05) is 12.2 Å². The van der Waals surface area contributed by atoms with Crippen LogP contribution in [0.2, 0.25) is 0 Å². The van der Waals surface area contributed by atoms with Crippen molar-refractivity contribution in [2.75, 3.05) is 11.6 Å². The van der Waals surface area contributed by atoms with Crippen LogP contribution in [-0.2, 0) is 9.63 Å². The third kappa shape index (κ3) is 8.08. The minimum absolute atomic E-state index is 0.325. The topological polar surface area (TPSA) is 91.5 Å². The Bertz CT molecular complexity index is 327. The minimum atomic E-state index is -0.981. The maximum absolute atomic E-state index is 10.9. The lowest BCUT2D eigenvalue weighted by Crippen LogP contribution is -2.30. The maximum atomic E-state index is 10.9. The van der Waals surface area contributed by atoms with E-state index >= 15 is 0 Å². The van der Waals surface area contributed by atoms with E-state index in [9.17, 15) is 9.59 Å². The fourth-order valence-electron chi connectivity index (χ4n) is 0.547. The molecule has 8 heteroatoms. The first-order chi connectivity index (χ1) is 7.60. The van der Waals surface area contributed by atoms with E-state index in [1.165, 1.54) is 11.8 Å². The van der Waals surface area contributed by atoms with Crippen molar-refractivity contribution in [2.45, 2.75) is 13.3 Å². The summed E-state index contributed by atoms with van der Waals surface area (Å²) in [5.41, 5.74) is 0. The molecular weight excluding hydrogens is 254 g/mol. The highest BCUT2D eigenvalue weighted by atomic mass is 35.5. The summed E-state index contributed by atoms with van der Waals surface area (Å²) in [4.78, 5) is 25.9. The molecule has 0 spiro atoms. The van der Waals surface area contributed by atoms with Crippen LogP contribution < -0.4 is 5.32 Å². The highest BCUT2D eigenvalue weighted by molar-refractivity contribution is 8.13. The predicted octanol–water partition coefficient (Wildman–Crippen LogP) is 1.46. The second kappa shape index (κ2) is 9.00. The van der Waals surface area contributed by atoms with Crippen molar-refractivity contribution < 1.29 is 14.4 Å². The van der Waals surface area contributed by atoms with E-state index in [2.05, 4.69) is 9.99 Å². The Kier molecular flexibility index (Phi) is 8.29. The fourth-order valence-corrected chi connectivity index (χ4v) is 1.19. The Morgan fingerprint density at radius 1 is 1.62 bits per heavy atom. The number of nitrogens with one attached hydrogen (secondary N) is 1. The van der Waals surface area contributed by atoms with E-state index < -0.39 is 12.0 Å². The number of oxime groups is 1. The molecule has 16 heavy (non-hydrogen) atoms. The molecule has 0 unspecified atom stereocenters. The Hall–Kier alpha value is -1.26. The summed E-state index contributed by atoms with van der Waals surface area (Å²) in [6, 6.07) is 1.97. The van der Waals surface area contributed by atoms with E-state index in [4.69, 9.17) is 16.9 Å². The van der Waals surface area contributed by atoms with E-state index in [0.717, 1.165) is 0 Å². The van der Waals surface area contributed by atoms with E-state index in [1.807, 2.05) is 11.4 Å². The average Bonchev–Trinajstić information content (AvgIpc) is 2.26. The molecule has 0 aliphatic heterocycles. The Labute approximate surface area is 102 Å². The highest BCUT2D eigenvalue weighted by Gasteiger charge is 2.07. The molecule has 0 saturated heterocycles. The lowest BCUT2D eigenvalue weighted by Gasteiger charge is -1.99. The largest absolute Gasteiger partial charge is 0.440 e. The number of alkyl halides is 1. The lowest BCUT2D eigenvalue weighted by molar-refractivity contribution is -0.118. The van der Waals surface area contributed by atoms with Crippen molar-refractivity contribution in [2.24, 2.45) is 5.16 Å². The van der Waals surface area contributed by atoms with Gasteiger partial charge in [-0.3, -0.25) is 14.9 Å². The first-order valence-corrected chi connectivity index (χ1v) is 5.73. The molecule has 0 bridgehead atoms. The van der Waals surface area contributed by atoms with Crippen LogP contribution in [0.5, 0.6) is 0 Å². The average molecular weight is 264 g/mol. The van der Waals surface area contributed by atoms with Crippen molar-refractivity contribution in [1.29, 1.82) is 5.26 Å². The molecule has 0 heterocycles. The minimum Gasteiger partial charge on any atom is -0.297 e. The van der Waals surface area contributed by atoms with Crippen molar-refractivity contribution in [3.05, 3.63) is 0 Å². The first kappa shape index (κ1) is 14.7. The van der Waals surface area contributed by atoms with Crippen molar-refractivity contribution in [3.8, 4) is 6.07 Å². The lowest BCUT2D eigenvalue weighted by atomic mass is 10.6. The third-order valence-electron chi connectivity index (χ3n) is 1.14. The number of nitrogens with zero attached hydrogens (tertiary/aromatic N) is 2.